The summed E-state index contributed by atoms with van der Waals surface area (Å²) in [5.41, 5.74) is 1.63. The van der Waals surface area contributed by atoms with Gasteiger partial charge in [-0.2, -0.15) is 0 Å². The van der Waals surface area contributed by atoms with Gasteiger partial charge in [0.1, 0.15) is 6.04 Å². The zero-order valence-corrected chi connectivity index (χ0v) is 19.3. The van der Waals surface area contributed by atoms with E-state index in [0.29, 0.717) is 30.5 Å². The van der Waals surface area contributed by atoms with E-state index in [-0.39, 0.29) is 17.9 Å². The van der Waals surface area contributed by atoms with Crippen LogP contribution in [-0.4, -0.2) is 55.7 Å². The molecule has 1 aliphatic rings. The van der Waals surface area contributed by atoms with E-state index in [2.05, 4.69) is 20.9 Å². The average Bonchev–Trinajstić information content (AvgIpc) is 2.80. The number of rotatable bonds is 8. The number of hydrogen-bond donors (Lipinski definition) is 3. The Morgan fingerprint density at radius 2 is 1.69 bits per heavy atom. The molecule has 1 aliphatic heterocycles. The fourth-order valence-corrected chi connectivity index (χ4v) is 4.00. The van der Waals surface area contributed by atoms with Gasteiger partial charge in [0.25, 0.3) is 0 Å². The Bertz CT molecular complexity index is 888. The molecule has 1 fully saturated rings. The molecule has 2 aromatic carbocycles. The van der Waals surface area contributed by atoms with Crippen LogP contribution < -0.4 is 16.0 Å². The first-order valence-electron chi connectivity index (χ1n) is 10.9. The molecule has 0 saturated carbocycles. The van der Waals surface area contributed by atoms with Crippen LogP contribution in [0.15, 0.2) is 54.6 Å². The first-order valence-corrected chi connectivity index (χ1v) is 11.3. The molecule has 0 radical (unpaired) electrons. The van der Waals surface area contributed by atoms with Crippen molar-refractivity contribution in [3.63, 3.8) is 0 Å². The molecule has 0 bridgehead atoms. The highest BCUT2D eigenvalue weighted by Crippen LogP contribution is 2.27. The topological polar surface area (TPSA) is 82.7 Å². The van der Waals surface area contributed by atoms with Crippen LogP contribution in [0, 0.1) is 5.92 Å². The SMILES string of the molecule is CC(C)C(NC(=O)Nc1ccccc1)C(=O)NCC(c1ccccc1Cl)N1CCOCC1. The summed E-state index contributed by atoms with van der Waals surface area (Å²) in [7, 11) is 0. The second-order valence-corrected chi connectivity index (χ2v) is 8.52. The highest BCUT2D eigenvalue weighted by atomic mass is 35.5. The third-order valence-corrected chi connectivity index (χ3v) is 5.83. The summed E-state index contributed by atoms with van der Waals surface area (Å²) in [5, 5.41) is 9.26. The lowest BCUT2D eigenvalue weighted by molar-refractivity contribution is -0.124. The van der Waals surface area contributed by atoms with E-state index < -0.39 is 12.1 Å². The highest BCUT2D eigenvalue weighted by molar-refractivity contribution is 6.31. The van der Waals surface area contributed by atoms with Gasteiger partial charge in [0, 0.05) is 30.3 Å². The summed E-state index contributed by atoms with van der Waals surface area (Å²) in [4.78, 5) is 27.8. The van der Waals surface area contributed by atoms with Crippen molar-refractivity contribution in [3.05, 3.63) is 65.2 Å². The van der Waals surface area contributed by atoms with E-state index in [9.17, 15) is 9.59 Å². The summed E-state index contributed by atoms with van der Waals surface area (Å²) in [6.45, 7) is 7.00. The van der Waals surface area contributed by atoms with Crippen molar-refractivity contribution in [2.45, 2.75) is 25.9 Å². The maximum Gasteiger partial charge on any atom is 0.319 e. The van der Waals surface area contributed by atoms with Gasteiger partial charge in [0.05, 0.1) is 19.3 Å². The van der Waals surface area contributed by atoms with E-state index in [1.54, 1.807) is 12.1 Å². The van der Waals surface area contributed by atoms with E-state index in [1.165, 1.54) is 0 Å². The molecule has 172 valence electrons. The Hall–Kier alpha value is -2.61. The lowest BCUT2D eigenvalue weighted by Crippen LogP contribution is -2.52. The zero-order valence-electron chi connectivity index (χ0n) is 18.5. The number of amides is 3. The molecule has 2 atom stereocenters. The van der Waals surface area contributed by atoms with E-state index in [4.69, 9.17) is 16.3 Å². The number of ether oxygens (including phenoxy) is 1. The Labute approximate surface area is 194 Å². The van der Waals surface area contributed by atoms with Crippen LogP contribution in [-0.2, 0) is 9.53 Å². The molecular formula is C24H31ClN4O3. The molecule has 2 aromatic rings. The number of anilines is 1. The number of benzene rings is 2. The van der Waals surface area contributed by atoms with Gasteiger partial charge in [-0.1, -0.05) is 61.8 Å². The predicted molar refractivity (Wildman–Crippen MR) is 127 cm³/mol. The van der Waals surface area contributed by atoms with E-state index in [0.717, 1.165) is 18.7 Å². The van der Waals surface area contributed by atoms with Crippen LogP contribution in [0.3, 0.4) is 0 Å². The van der Waals surface area contributed by atoms with Crippen molar-refractivity contribution in [1.29, 1.82) is 0 Å². The smallest absolute Gasteiger partial charge is 0.319 e. The van der Waals surface area contributed by atoms with Gasteiger partial charge in [-0.15, -0.1) is 0 Å². The lowest BCUT2D eigenvalue weighted by Gasteiger charge is -2.35. The van der Waals surface area contributed by atoms with Gasteiger partial charge in [0.15, 0.2) is 0 Å². The maximum absolute atomic E-state index is 13.0. The molecule has 3 amide bonds. The number of para-hydroxylation sites is 1. The molecule has 1 heterocycles. The minimum atomic E-state index is -0.671. The third kappa shape index (κ3) is 6.69. The number of nitrogens with zero attached hydrogens (tertiary/aromatic N) is 1. The monoisotopic (exact) mass is 458 g/mol. The Balaban J connectivity index is 1.66. The van der Waals surface area contributed by atoms with E-state index >= 15 is 0 Å². The predicted octanol–water partition coefficient (Wildman–Crippen LogP) is 3.68. The molecule has 0 aliphatic carbocycles. The molecule has 0 spiro atoms. The summed E-state index contributed by atoms with van der Waals surface area (Å²) in [6.07, 6.45) is 0. The van der Waals surface area contributed by atoms with Crippen LogP contribution in [0.5, 0.6) is 0 Å². The highest BCUT2D eigenvalue weighted by Gasteiger charge is 2.28. The fourth-order valence-electron chi connectivity index (χ4n) is 3.74. The van der Waals surface area contributed by atoms with Crippen molar-refractivity contribution in [2.75, 3.05) is 38.2 Å². The summed E-state index contributed by atoms with van der Waals surface area (Å²) >= 11 is 6.48. The third-order valence-electron chi connectivity index (χ3n) is 5.49. The zero-order chi connectivity index (χ0) is 22.9. The minimum absolute atomic E-state index is 0.0810. The molecule has 2 unspecified atom stereocenters. The molecule has 1 saturated heterocycles. The van der Waals surface area contributed by atoms with Crippen LogP contribution in [0.1, 0.15) is 25.5 Å². The van der Waals surface area contributed by atoms with Crippen LogP contribution >= 0.6 is 11.6 Å². The Morgan fingerprint density at radius 3 is 2.34 bits per heavy atom. The number of nitrogens with one attached hydrogen (secondary N) is 3. The van der Waals surface area contributed by atoms with Crippen LogP contribution in [0.4, 0.5) is 10.5 Å². The first-order chi connectivity index (χ1) is 15.5. The van der Waals surface area contributed by atoms with Gasteiger partial charge in [-0.25, -0.2) is 4.79 Å². The quantitative estimate of drug-likeness (QED) is 0.563. The second kappa shape index (κ2) is 11.9. The second-order valence-electron chi connectivity index (χ2n) is 8.12. The fraction of sp³-hybridized carbons (Fsp3) is 0.417. The van der Waals surface area contributed by atoms with E-state index in [1.807, 2.05) is 56.3 Å². The number of halogens is 1. The van der Waals surface area contributed by atoms with Crippen molar-refractivity contribution < 1.29 is 14.3 Å². The summed E-state index contributed by atoms with van der Waals surface area (Å²) < 4.78 is 5.49. The van der Waals surface area contributed by atoms with Crippen molar-refractivity contribution >= 4 is 29.2 Å². The normalized spacial score (nSPS) is 16.2. The number of urea groups is 1. The molecule has 3 N–H and O–H groups in total. The lowest BCUT2D eigenvalue weighted by atomic mass is 10.0. The molecule has 32 heavy (non-hydrogen) atoms. The number of carbonyl (C=O) groups excluding carboxylic acids is 2. The average molecular weight is 459 g/mol. The van der Waals surface area contributed by atoms with Crippen molar-refractivity contribution in [3.8, 4) is 0 Å². The van der Waals surface area contributed by atoms with Gasteiger partial charge in [-0.3, -0.25) is 9.69 Å². The molecule has 7 nitrogen and oxygen atoms in total. The Kier molecular flexibility index (Phi) is 8.90. The maximum atomic E-state index is 13.0. The van der Waals surface area contributed by atoms with Crippen LogP contribution in [0.25, 0.3) is 0 Å². The largest absolute Gasteiger partial charge is 0.379 e. The standard InChI is InChI=1S/C24H31ClN4O3/c1-17(2)22(28-24(31)27-18-8-4-3-5-9-18)23(30)26-16-21(29-12-14-32-15-13-29)19-10-6-7-11-20(19)25/h3-11,17,21-22H,12-16H2,1-2H3,(H,26,30)(H2,27,28,31). The number of morpholine rings is 1. The number of carbonyl (C=O) groups is 2. The first kappa shape index (κ1) is 24.0. The molecule has 3 rings (SSSR count). The van der Waals surface area contributed by atoms with Crippen molar-refractivity contribution in [2.24, 2.45) is 5.92 Å². The van der Waals surface area contributed by atoms with Crippen LogP contribution in [0.2, 0.25) is 5.02 Å². The van der Waals surface area contributed by atoms with Gasteiger partial charge < -0.3 is 20.7 Å². The van der Waals surface area contributed by atoms with Gasteiger partial charge in [0.2, 0.25) is 5.91 Å². The van der Waals surface area contributed by atoms with Crippen molar-refractivity contribution in [1.82, 2.24) is 15.5 Å². The van der Waals surface area contributed by atoms with Gasteiger partial charge in [-0.05, 0) is 29.7 Å². The minimum Gasteiger partial charge on any atom is -0.379 e. The number of hydrogen-bond acceptors (Lipinski definition) is 4. The molecule has 0 aromatic heterocycles. The van der Waals surface area contributed by atoms with Gasteiger partial charge >= 0.3 is 6.03 Å². The Morgan fingerprint density at radius 1 is 1.03 bits per heavy atom. The summed E-state index contributed by atoms with van der Waals surface area (Å²) in [6, 6.07) is 15.6. The summed E-state index contributed by atoms with van der Waals surface area (Å²) in [5.74, 6) is -0.313. The molecule has 8 heteroatoms. The molecular weight excluding hydrogens is 428 g/mol.